The second-order valence-electron chi connectivity index (χ2n) is 4.50. The summed E-state index contributed by atoms with van der Waals surface area (Å²) in [4.78, 5) is 21.7. The van der Waals surface area contributed by atoms with Gasteiger partial charge >= 0.3 is 0 Å². The maximum absolute atomic E-state index is 11.8. The largest absolute Gasteiger partial charge is 0.383 e. The van der Waals surface area contributed by atoms with E-state index in [4.69, 9.17) is 5.73 Å². The van der Waals surface area contributed by atoms with Crippen LogP contribution < -0.4 is 11.1 Å². The Labute approximate surface area is 107 Å². The van der Waals surface area contributed by atoms with Crippen molar-refractivity contribution in [2.75, 3.05) is 30.7 Å². The van der Waals surface area contributed by atoms with E-state index in [-0.39, 0.29) is 5.91 Å². The topological polar surface area (TPSA) is 84.1 Å². The minimum absolute atomic E-state index is 0.208. The standard InChI is InChI=1S/C12H19N5O/c1-9-11(13)15-8-16-12(9)14-5-4-10(18)17-6-2-3-7-17/h8H,2-7H2,1H3,(H3,13,14,15,16). The molecule has 1 aromatic rings. The highest BCUT2D eigenvalue weighted by molar-refractivity contribution is 5.77. The van der Waals surface area contributed by atoms with Crippen LogP contribution in [-0.4, -0.2) is 40.4 Å². The van der Waals surface area contributed by atoms with Crippen LogP contribution in [0.5, 0.6) is 0 Å². The number of rotatable bonds is 4. The zero-order chi connectivity index (χ0) is 13.0. The SMILES string of the molecule is Cc1c(N)ncnc1NCCC(=O)N1CCCC1. The Morgan fingerprint density at radius 1 is 1.44 bits per heavy atom. The van der Waals surface area contributed by atoms with E-state index in [1.807, 2.05) is 11.8 Å². The summed E-state index contributed by atoms with van der Waals surface area (Å²) in [6.07, 6.45) is 4.16. The summed E-state index contributed by atoms with van der Waals surface area (Å²) >= 11 is 0. The molecule has 0 aliphatic carbocycles. The van der Waals surface area contributed by atoms with Gasteiger partial charge in [-0.3, -0.25) is 4.79 Å². The summed E-state index contributed by atoms with van der Waals surface area (Å²) < 4.78 is 0. The minimum Gasteiger partial charge on any atom is -0.383 e. The lowest BCUT2D eigenvalue weighted by atomic mass is 10.3. The maximum Gasteiger partial charge on any atom is 0.224 e. The van der Waals surface area contributed by atoms with Gasteiger partial charge in [0.05, 0.1) is 0 Å². The molecule has 1 saturated heterocycles. The fourth-order valence-corrected chi connectivity index (χ4v) is 2.05. The third kappa shape index (κ3) is 2.88. The maximum atomic E-state index is 11.8. The summed E-state index contributed by atoms with van der Waals surface area (Å²) in [5.74, 6) is 1.38. The lowest BCUT2D eigenvalue weighted by molar-refractivity contribution is -0.129. The van der Waals surface area contributed by atoms with E-state index < -0.39 is 0 Å². The third-order valence-electron chi connectivity index (χ3n) is 3.21. The number of aromatic nitrogens is 2. The first-order valence-corrected chi connectivity index (χ1v) is 6.27. The number of anilines is 2. The summed E-state index contributed by atoms with van der Waals surface area (Å²) in [5, 5.41) is 3.13. The molecule has 98 valence electrons. The minimum atomic E-state index is 0.208. The van der Waals surface area contributed by atoms with Gasteiger partial charge in [-0.15, -0.1) is 0 Å². The smallest absolute Gasteiger partial charge is 0.224 e. The molecule has 2 rings (SSSR count). The molecule has 0 atom stereocenters. The third-order valence-corrected chi connectivity index (χ3v) is 3.21. The first-order chi connectivity index (χ1) is 8.68. The molecule has 1 amide bonds. The zero-order valence-corrected chi connectivity index (χ0v) is 10.6. The van der Waals surface area contributed by atoms with E-state index in [2.05, 4.69) is 15.3 Å². The Balaban J connectivity index is 1.81. The van der Waals surface area contributed by atoms with Crippen LogP contribution >= 0.6 is 0 Å². The van der Waals surface area contributed by atoms with Gasteiger partial charge in [0, 0.05) is 31.6 Å². The lowest BCUT2D eigenvalue weighted by Crippen LogP contribution is -2.29. The Morgan fingerprint density at radius 3 is 2.89 bits per heavy atom. The average molecular weight is 249 g/mol. The molecule has 0 saturated carbocycles. The highest BCUT2D eigenvalue weighted by Gasteiger charge is 2.17. The lowest BCUT2D eigenvalue weighted by Gasteiger charge is -2.15. The van der Waals surface area contributed by atoms with Crippen molar-refractivity contribution in [3.63, 3.8) is 0 Å². The molecule has 1 aliphatic rings. The van der Waals surface area contributed by atoms with Gasteiger partial charge in [-0.1, -0.05) is 0 Å². The van der Waals surface area contributed by atoms with E-state index in [0.717, 1.165) is 31.5 Å². The number of amides is 1. The molecule has 2 heterocycles. The van der Waals surface area contributed by atoms with E-state index in [9.17, 15) is 4.79 Å². The monoisotopic (exact) mass is 249 g/mol. The second-order valence-corrected chi connectivity index (χ2v) is 4.50. The zero-order valence-electron chi connectivity index (χ0n) is 10.6. The number of hydrogen-bond donors (Lipinski definition) is 2. The van der Waals surface area contributed by atoms with Crippen LogP contribution in [0.2, 0.25) is 0 Å². The van der Waals surface area contributed by atoms with Gasteiger partial charge in [0.25, 0.3) is 0 Å². The van der Waals surface area contributed by atoms with Gasteiger partial charge in [0.15, 0.2) is 0 Å². The number of carbonyl (C=O) groups is 1. The van der Waals surface area contributed by atoms with Crippen LogP contribution in [0.25, 0.3) is 0 Å². The first-order valence-electron chi connectivity index (χ1n) is 6.27. The Kier molecular flexibility index (Phi) is 3.96. The van der Waals surface area contributed by atoms with E-state index in [1.54, 1.807) is 0 Å². The Hall–Kier alpha value is -1.85. The Bertz CT molecular complexity index is 428. The predicted molar refractivity (Wildman–Crippen MR) is 70.1 cm³/mol. The first kappa shape index (κ1) is 12.6. The number of nitrogens with two attached hydrogens (primary N) is 1. The van der Waals surface area contributed by atoms with E-state index in [1.165, 1.54) is 6.33 Å². The molecule has 1 fully saturated rings. The molecule has 0 bridgehead atoms. The van der Waals surface area contributed by atoms with Crippen molar-refractivity contribution in [2.45, 2.75) is 26.2 Å². The van der Waals surface area contributed by atoms with Gasteiger partial charge in [0.1, 0.15) is 18.0 Å². The average Bonchev–Trinajstić information content (AvgIpc) is 2.88. The summed E-state index contributed by atoms with van der Waals surface area (Å²) in [6, 6.07) is 0. The number of nitrogen functional groups attached to an aromatic ring is 1. The number of nitrogens with one attached hydrogen (secondary N) is 1. The number of hydrogen-bond acceptors (Lipinski definition) is 5. The van der Waals surface area contributed by atoms with Crippen molar-refractivity contribution < 1.29 is 4.79 Å². The molecule has 0 spiro atoms. The highest BCUT2D eigenvalue weighted by atomic mass is 16.2. The molecule has 1 aromatic heterocycles. The molecule has 1 aliphatic heterocycles. The van der Waals surface area contributed by atoms with Crippen LogP contribution in [0.15, 0.2) is 6.33 Å². The van der Waals surface area contributed by atoms with Gasteiger partial charge in [-0.25, -0.2) is 9.97 Å². The predicted octanol–water partition coefficient (Wildman–Crippen LogP) is 0.792. The van der Waals surface area contributed by atoms with E-state index >= 15 is 0 Å². The molecule has 6 heteroatoms. The van der Waals surface area contributed by atoms with Crippen LogP contribution in [-0.2, 0) is 4.79 Å². The van der Waals surface area contributed by atoms with Crippen LogP contribution in [0, 0.1) is 6.92 Å². The molecule has 6 nitrogen and oxygen atoms in total. The summed E-state index contributed by atoms with van der Waals surface area (Å²) in [6.45, 7) is 4.24. The van der Waals surface area contributed by atoms with Crippen molar-refractivity contribution in [2.24, 2.45) is 0 Å². The molecule has 0 aromatic carbocycles. The van der Waals surface area contributed by atoms with Crippen LogP contribution in [0.4, 0.5) is 11.6 Å². The molecule has 3 N–H and O–H groups in total. The number of likely N-dealkylation sites (tertiary alicyclic amines) is 1. The van der Waals surface area contributed by atoms with Gasteiger partial charge in [-0.2, -0.15) is 0 Å². The number of carbonyl (C=O) groups excluding carboxylic acids is 1. The quantitative estimate of drug-likeness (QED) is 0.824. The number of nitrogens with zero attached hydrogens (tertiary/aromatic N) is 3. The molecule has 0 radical (unpaired) electrons. The molecular weight excluding hydrogens is 230 g/mol. The Morgan fingerprint density at radius 2 is 2.17 bits per heavy atom. The van der Waals surface area contributed by atoms with Crippen LogP contribution in [0.3, 0.4) is 0 Å². The fourth-order valence-electron chi connectivity index (χ4n) is 2.05. The van der Waals surface area contributed by atoms with Gasteiger partial charge in [-0.05, 0) is 19.8 Å². The molecular formula is C12H19N5O. The van der Waals surface area contributed by atoms with Crippen molar-refractivity contribution in [1.82, 2.24) is 14.9 Å². The fraction of sp³-hybridized carbons (Fsp3) is 0.583. The van der Waals surface area contributed by atoms with Gasteiger partial charge < -0.3 is 16.0 Å². The van der Waals surface area contributed by atoms with Crippen molar-refractivity contribution in [3.8, 4) is 0 Å². The molecule has 18 heavy (non-hydrogen) atoms. The molecule has 0 unspecified atom stereocenters. The summed E-state index contributed by atoms with van der Waals surface area (Å²) in [5.41, 5.74) is 6.51. The van der Waals surface area contributed by atoms with Crippen molar-refractivity contribution in [1.29, 1.82) is 0 Å². The van der Waals surface area contributed by atoms with Crippen molar-refractivity contribution in [3.05, 3.63) is 11.9 Å². The summed E-state index contributed by atoms with van der Waals surface area (Å²) in [7, 11) is 0. The van der Waals surface area contributed by atoms with Crippen molar-refractivity contribution >= 4 is 17.5 Å². The normalized spacial score (nSPS) is 14.8. The van der Waals surface area contributed by atoms with E-state index in [0.29, 0.717) is 24.6 Å². The van der Waals surface area contributed by atoms with Gasteiger partial charge in [0.2, 0.25) is 5.91 Å². The van der Waals surface area contributed by atoms with Crippen LogP contribution in [0.1, 0.15) is 24.8 Å². The highest BCUT2D eigenvalue weighted by Crippen LogP contribution is 2.15. The second kappa shape index (κ2) is 5.66.